The van der Waals surface area contributed by atoms with Gasteiger partial charge in [0.05, 0.1) is 4.90 Å². The minimum absolute atomic E-state index is 0.275. The van der Waals surface area contributed by atoms with Crippen LogP contribution in [0.2, 0.25) is 0 Å². The number of hydrogen-bond donors (Lipinski definition) is 1. The molecule has 0 atom stereocenters. The van der Waals surface area contributed by atoms with Crippen molar-refractivity contribution in [2.24, 2.45) is 5.92 Å². The maximum Gasteiger partial charge on any atom is 0.243 e. The summed E-state index contributed by atoms with van der Waals surface area (Å²) in [5.74, 6) is 0.872. The Labute approximate surface area is 109 Å². The van der Waals surface area contributed by atoms with Gasteiger partial charge in [-0.05, 0) is 18.9 Å². The van der Waals surface area contributed by atoms with E-state index in [-0.39, 0.29) is 4.90 Å². The van der Waals surface area contributed by atoms with Crippen LogP contribution in [0.25, 0.3) is 0 Å². The maximum absolute atomic E-state index is 12.3. The Kier molecular flexibility index (Phi) is 5.10. The molecule has 1 N–H and O–H groups in total. The van der Waals surface area contributed by atoms with Gasteiger partial charge in [-0.3, -0.25) is 0 Å². The van der Waals surface area contributed by atoms with Crippen LogP contribution in [0.3, 0.4) is 0 Å². The van der Waals surface area contributed by atoms with E-state index < -0.39 is 10.0 Å². The first-order valence-corrected chi connectivity index (χ1v) is 7.48. The van der Waals surface area contributed by atoms with Crippen molar-refractivity contribution in [3.63, 3.8) is 0 Å². The molecule has 0 bridgehead atoms. The van der Waals surface area contributed by atoms with E-state index >= 15 is 0 Å². The Balaban J connectivity index is 3.00. The summed E-state index contributed by atoms with van der Waals surface area (Å²) in [6.45, 7) is 7.12. The summed E-state index contributed by atoms with van der Waals surface area (Å²) in [4.78, 5) is 4.34. The van der Waals surface area contributed by atoms with Gasteiger partial charge in [0.2, 0.25) is 10.0 Å². The maximum atomic E-state index is 12.3. The average molecular weight is 271 g/mol. The Morgan fingerprint density at radius 3 is 2.67 bits per heavy atom. The Bertz CT molecular complexity index is 486. The monoisotopic (exact) mass is 271 g/mol. The van der Waals surface area contributed by atoms with Gasteiger partial charge in [0.25, 0.3) is 0 Å². The molecule has 0 aliphatic heterocycles. The van der Waals surface area contributed by atoms with E-state index in [2.05, 4.69) is 10.3 Å². The smallest absolute Gasteiger partial charge is 0.243 e. The summed E-state index contributed by atoms with van der Waals surface area (Å²) in [7, 11) is -1.82. The zero-order chi connectivity index (χ0) is 13.8. The van der Waals surface area contributed by atoms with E-state index in [1.807, 2.05) is 20.8 Å². The first-order chi connectivity index (χ1) is 8.37. The highest BCUT2D eigenvalue weighted by atomic mass is 32.2. The fourth-order valence-corrected chi connectivity index (χ4v) is 2.99. The molecule has 1 aromatic heterocycles. The van der Waals surface area contributed by atoms with E-state index in [1.54, 1.807) is 13.1 Å². The van der Waals surface area contributed by atoms with Crippen molar-refractivity contribution in [1.82, 2.24) is 9.29 Å². The summed E-state index contributed by atoms with van der Waals surface area (Å²) in [6, 6.07) is 3.09. The van der Waals surface area contributed by atoms with E-state index in [9.17, 15) is 8.42 Å². The largest absolute Gasteiger partial charge is 0.370 e. The molecule has 0 aliphatic rings. The molecule has 0 saturated heterocycles. The highest BCUT2D eigenvalue weighted by Gasteiger charge is 2.21. The van der Waals surface area contributed by atoms with E-state index in [0.717, 1.165) is 0 Å². The van der Waals surface area contributed by atoms with Crippen LogP contribution in [0.5, 0.6) is 0 Å². The minimum Gasteiger partial charge on any atom is -0.370 e. The second kappa shape index (κ2) is 6.15. The quantitative estimate of drug-likeness (QED) is 0.857. The van der Waals surface area contributed by atoms with Gasteiger partial charge in [0.1, 0.15) is 5.82 Å². The number of aromatic nitrogens is 1. The number of pyridine rings is 1. The number of hydrogen-bond acceptors (Lipinski definition) is 4. The van der Waals surface area contributed by atoms with Gasteiger partial charge in [-0.1, -0.05) is 13.8 Å². The molecular formula is C12H21N3O2S. The van der Waals surface area contributed by atoms with Crippen LogP contribution in [0.15, 0.2) is 23.2 Å². The van der Waals surface area contributed by atoms with E-state index in [1.165, 1.54) is 16.6 Å². The van der Waals surface area contributed by atoms with E-state index in [0.29, 0.717) is 24.8 Å². The molecule has 0 radical (unpaired) electrons. The Morgan fingerprint density at radius 2 is 2.11 bits per heavy atom. The molecular weight excluding hydrogens is 250 g/mol. The molecule has 1 aromatic rings. The van der Waals surface area contributed by atoms with Gasteiger partial charge in [-0.25, -0.2) is 17.7 Å². The lowest BCUT2D eigenvalue weighted by molar-refractivity contribution is 0.417. The van der Waals surface area contributed by atoms with Crippen molar-refractivity contribution in [3.05, 3.63) is 18.3 Å². The predicted octanol–water partition coefficient (Wildman–Crippen LogP) is 1.79. The van der Waals surface area contributed by atoms with Crippen molar-refractivity contribution in [1.29, 1.82) is 0 Å². The third-order valence-electron chi connectivity index (χ3n) is 2.42. The van der Waals surface area contributed by atoms with Gasteiger partial charge in [0.15, 0.2) is 0 Å². The Morgan fingerprint density at radius 1 is 1.44 bits per heavy atom. The molecule has 0 saturated carbocycles. The fraction of sp³-hybridized carbons (Fsp3) is 0.583. The van der Waals surface area contributed by atoms with Crippen molar-refractivity contribution in [2.75, 3.05) is 25.5 Å². The van der Waals surface area contributed by atoms with Crippen molar-refractivity contribution < 1.29 is 8.42 Å². The van der Waals surface area contributed by atoms with Crippen LogP contribution in [0, 0.1) is 5.92 Å². The summed E-state index contributed by atoms with van der Waals surface area (Å²) in [5, 5.41) is 3.01. The number of sulfonamides is 1. The summed E-state index contributed by atoms with van der Waals surface area (Å²) >= 11 is 0. The predicted molar refractivity (Wildman–Crippen MR) is 73.1 cm³/mol. The number of anilines is 1. The van der Waals surface area contributed by atoms with Crippen LogP contribution in [0.4, 0.5) is 5.82 Å². The molecule has 0 spiro atoms. The van der Waals surface area contributed by atoms with Crippen molar-refractivity contribution in [2.45, 2.75) is 25.7 Å². The number of nitrogens with one attached hydrogen (secondary N) is 1. The minimum atomic E-state index is -3.42. The standard InChI is InChI=1S/C12H21N3O2S/c1-5-13-12-8-11(6-7-14-12)18(16,17)15(4)9-10(2)3/h6-8,10H,5,9H2,1-4H3,(H,13,14). The lowest BCUT2D eigenvalue weighted by Crippen LogP contribution is -2.30. The summed E-state index contributed by atoms with van der Waals surface area (Å²) < 4.78 is 26.0. The zero-order valence-corrected chi connectivity index (χ0v) is 12.2. The number of nitrogens with zero attached hydrogens (tertiary/aromatic N) is 2. The van der Waals surface area contributed by atoms with Crippen molar-refractivity contribution >= 4 is 15.8 Å². The SMILES string of the molecule is CCNc1cc(S(=O)(=O)N(C)CC(C)C)ccn1. The fourth-order valence-electron chi connectivity index (χ4n) is 1.64. The topological polar surface area (TPSA) is 62.3 Å². The van der Waals surface area contributed by atoms with Crippen LogP contribution in [-0.4, -0.2) is 37.8 Å². The number of rotatable bonds is 6. The molecule has 0 aliphatic carbocycles. The normalized spacial score (nSPS) is 12.1. The second-order valence-electron chi connectivity index (χ2n) is 4.59. The average Bonchev–Trinajstić information content (AvgIpc) is 2.29. The van der Waals surface area contributed by atoms with Crippen LogP contribution in [-0.2, 0) is 10.0 Å². The molecule has 0 unspecified atom stereocenters. The lowest BCUT2D eigenvalue weighted by Gasteiger charge is -2.19. The van der Waals surface area contributed by atoms with Gasteiger partial charge in [0, 0.05) is 32.4 Å². The zero-order valence-electron chi connectivity index (χ0n) is 11.3. The first kappa shape index (κ1) is 14.9. The Hall–Kier alpha value is -1.14. The lowest BCUT2D eigenvalue weighted by atomic mass is 10.2. The second-order valence-corrected chi connectivity index (χ2v) is 6.63. The molecule has 6 heteroatoms. The molecule has 5 nitrogen and oxygen atoms in total. The van der Waals surface area contributed by atoms with Crippen LogP contribution >= 0.6 is 0 Å². The summed E-state index contributed by atoms with van der Waals surface area (Å²) in [5.41, 5.74) is 0. The molecule has 1 heterocycles. The van der Waals surface area contributed by atoms with Crippen LogP contribution in [0.1, 0.15) is 20.8 Å². The van der Waals surface area contributed by atoms with Gasteiger partial charge in [-0.2, -0.15) is 0 Å². The van der Waals surface area contributed by atoms with E-state index in [4.69, 9.17) is 0 Å². The van der Waals surface area contributed by atoms with Gasteiger partial charge in [-0.15, -0.1) is 0 Å². The van der Waals surface area contributed by atoms with Crippen LogP contribution < -0.4 is 5.32 Å². The first-order valence-electron chi connectivity index (χ1n) is 6.04. The highest BCUT2D eigenvalue weighted by Crippen LogP contribution is 2.17. The summed E-state index contributed by atoms with van der Waals surface area (Å²) in [6.07, 6.45) is 1.51. The molecule has 0 aromatic carbocycles. The van der Waals surface area contributed by atoms with Gasteiger partial charge >= 0.3 is 0 Å². The molecule has 102 valence electrons. The molecule has 18 heavy (non-hydrogen) atoms. The third kappa shape index (κ3) is 3.68. The third-order valence-corrected chi connectivity index (χ3v) is 4.24. The molecule has 0 fully saturated rings. The highest BCUT2D eigenvalue weighted by molar-refractivity contribution is 7.89. The van der Waals surface area contributed by atoms with Gasteiger partial charge < -0.3 is 5.32 Å². The molecule has 1 rings (SSSR count). The molecule has 0 amide bonds. The van der Waals surface area contributed by atoms with Crippen molar-refractivity contribution in [3.8, 4) is 0 Å².